The lowest BCUT2D eigenvalue weighted by molar-refractivity contribution is -0.127. The van der Waals surface area contributed by atoms with E-state index in [0.29, 0.717) is 11.4 Å². The van der Waals surface area contributed by atoms with Crippen LogP contribution in [0.2, 0.25) is 0 Å². The molecular weight excluding hydrogens is 330 g/mol. The number of amides is 2. The molecule has 2 aromatic rings. The summed E-state index contributed by atoms with van der Waals surface area (Å²) in [5.74, 6) is -1.98. The molecule has 0 saturated heterocycles. The predicted molar refractivity (Wildman–Crippen MR) is 103 cm³/mol. The highest BCUT2D eigenvalue weighted by molar-refractivity contribution is 6.20. The van der Waals surface area contributed by atoms with E-state index in [2.05, 4.69) is 15.3 Å². The molecular formula is C20H23N3O3. The van der Waals surface area contributed by atoms with Gasteiger partial charge in [0, 0.05) is 18.4 Å². The minimum Gasteiger partial charge on any atom is -0.399 e. The van der Waals surface area contributed by atoms with E-state index >= 15 is 0 Å². The number of nitrogens with one attached hydrogen (secondary N) is 1. The van der Waals surface area contributed by atoms with Crippen LogP contribution in [0.3, 0.4) is 0 Å². The normalized spacial score (nSPS) is 11.8. The third-order valence-corrected chi connectivity index (χ3v) is 3.87. The highest BCUT2D eigenvalue weighted by Gasteiger charge is 2.29. The lowest BCUT2D eigenvalue weighted by Crippen LogP contribution is -2.40. The number of anilines is 2. The van der Waals surface area contributed by atoms with Crippen molar-refractivity contribution < 1.29 is 14.4 Å². The summed E-state index contributed by atoms with van der Waals surface area (Å²) in [7, 11) is 2.99. The molecule has 2 aromatic carbocycles. The van der Waals surface area contributed by atoms with Gasteiger partial charge in [0.15, 0.2) is 5.92 Å². The van der Waals surface area contributed by atoms with E-state index in [9.17, 15) is 9.59 Å². The van der Waals surface area contributed by atoms with Crippen LogP contribution >= 0.6 is 0 Å². The maximum atomic E-state index is 12.9. The first-order valence-electron chi connectivity index (χ1n) is 8.21. The summed E-state index contributed by atoms with van der Waals surface area (Å²) >= 11 is 0. The molecule has 6 heteroatoms. The smallest absolute Gasteiger partial charge is 0.244 e. The van der Waals surface area contributed by atoms with Gasteiger partial charge in [-0.25, -0.2) is 0 Å². The average Bonchev–Trinajstić information content (AvgIpc) is 2.61. The molecule has 2 rings (SSSR count). The fourth-order valence-electron chi connectivity index (χ4n) is 2.48. The van der Waals surface area contributed by atoms with Crippen molar-refractivity contribution in [3.05, 3.63) is 59.7 Å². The van der Waals surface area contributed by atoms with Gasteiger partial charge in [0.05, 0.1) is 6.21 Å². The van der Waals surface area contributed by atoms with Crippen molar-refractivity contribution >= 4 is 29.4 Å². The van der Waals surface area contributed by atoms with Crippen LogP contribution < -0.4 is 10.2 Å². The second-order valence-corrected chi connectivity index (χ2v) is 6.01. The zero-order chi connectivity index (χ0) is 19.1. The van der Waals surface area contributed by atoms with Gasteiger partial charge in [-0.2, -0.15) is 0 Å². The van der Waals surface area contributed by atoms with Gasteiger partial charge in [-0.05, 0) is 49.2 Å². The number of oxime groups is 1. The van der Waals surface area contributed by atoms with Gasteiger partial charge < -0.3 is 15.1 Å². The maximum Gasteiger partial charge on any atom is 0.244 e. The number of hydrogen-bond donors (Lipinski definition) is 1. The Kier molecular flexibility index (Phi) is 6.49. The first-order chi connectivity index (χ1) is 12.4. The number of rotatable bonds is 6. The Hall–Kier alpha value is -3.15. The molecule has 0 saturated carbocycles. The summed E-state index contributed by atoms with van der Waals surface area (Å²) in [6, 6.07) is 14.9. The minimum absolute atomic E-state index is 0.401. The predicted octanol–water partition coefficient (Wildman–Crippen LogP) is 3.15. The molecule has 26 heavy (non-hydrogen) atoms. The van der Waals surface area contributed by atoms with E-state index in [-0.39, 0.29) is 0 Å². The van der Waals surface area contributed by atoms with Crippen molar-refractivity contribution in [3.63, 3.8) is 0 Å². The summed E-state index contributed by atoms with van der Waals surface area (Å²) in [6.07, 6.45) is 1.21. The molecule has 136 valence electrons. The van der Waals surface area contributed by atoms with E-state index in [1.165, 1.54) is 18.2 Å². The summed E-state index contributed by atoms with van der Waals surface area (Å²) < 4.78 is 0. The monoisotopic (exact) mass is 353 g/mol. The Balaban J connectivity index is 2.23. The minimum atomic E-state index is -1.11. The lowest BCUT2D eigenvalue weighted by atomic mass is 10.1. The van der Waals surface area contributed by atoms with Gasteiger partial charge in [0.1, 0.15) is 7.11 Å². The van der Waals surface area contributed by atoms with E-state index in [1.54, 1.807) is 13.1 Å². The zero-order valence-electron chi connectivity index (χ0n) is 15.4. The molecule has 0 aliphatic heterocycles. The van der Waals surface area contributed by atoms with Crippen LogP contribution in [-0.4, -0.2) is 32.2 Å². The molecule has 0 fully saturated rings. The maximum absolute atomic E-state index is 12.9. The van der Waals surface area contributed by atoms with Crippen molar-refractivity contribution in [2.45, 2.75) is 13.8 Å². The zero-order valence-corrected chi connectivity index (χ0v) is 15.4. The van der Waals surface area contributed by atoms with E-state index in [1.807, 2.05) is 56.3 Å². The molecule has 0 radical (unpaired) electrons. The highest BCUT2D eigenvalue weighted by atomic mass is 16.6. The Labute approximate surface area is 153 Å². The number of benzene rings is 2. The Morgan fingerprint density at radius 1 is 1.12 bits per heavy atom. The lowest BCUT2D eigenvalue weighted by Gasteiger charge is -2.21. The number of hydrogen-bond acceptors (Lipinski definition) is 4. The van der Waals surface area contributed by atoms with Crippen molar-refractivity contribution in [2.24, 2.45) is 11.1 Å². The average molecular weight is 353 g/mol. The summed E-state index contributed by atoms with van der Waals surface area (Å²) in [6.45, 7) is 3.87. The van der Waals surface area contributed by atoms with Crippen LogP contribution in [0.4, 0.5) is 11.4 Å². The molecule has 0 spiro atoms. The second-order valence-electron chi connectivity index (χ2n) is 6.01. The van der Waals surface area contributed by atoms with Gasteiger partial charge in [-0.1, -0.05) is 29.4 Å². The van der Waals surface area contributed by atoms with Crippen LogP contribution in [0.15, 0.2) is 53.7 Å². The Bertz CT molecular complexity index is 817. The fraction of sp³-hybridized carbons (Fsp3) is 0.250. The molecule has 1 atom stereocenters. The fourth-order valence-corrected chi connectivity index (χ4v) is 2.48. The SMILES string of the molecule is CO/N=C\[C@@H](C(=O)Nc1cccc(C)c1)C(=O)N(C)c1cccc(C)c1. The summed E-state index contributed by atoms with van der Waals surface area (Å²) in [4.78, 5) is 31.7. The van der Waals surface area contributed by atoms with Gasteiger partial charge in [-0.3, -0.25) is 9.59 Å². The molecule has 0 heterocycles. The van der Waals surface area contributed by atoms with Crippen LogP contribution in [0.25, 0.3) is 0 Å². The van der Waals surface area contributed by atoms with Crippen LogP contribution in [0, 0.1) is 19.8 Å². The number of carbonyl (C=O) groups excluding carboxylic acids is 2. The van der Waals surface area contributed by atoms with Crippen LogP contribution in [0.1, 0.15) is 11.1 Å². The molecule has 0 aliphatic rings. The third-order valence-electron chi connectivity index (χ3n) is 3.87. The second kappa shape index (κ2) is 8.80. The van der Waals surface area contributed by atoms with Gasteiger partial charge in [0.25, 0.3) is 0 Å². The number of nitrogens with zero attached hydrogens (tertiary/aromatic N) is 2. The molecule has 1 N–H and O–H groups in total. The quantitative estimate of drug-likeness (QED) is 0.493. The molecule has 6 nitrogen and oxygen atoms in total. The Morgan fingerprint density at radius 3 is 2.38 bits per heavy atom. The van der Waals surface area contributed by atoms with Crippen molar-refractivity contribution in [1.82, 2.24) is 0 Å². The van der Waals surface area contributed by atoms with Crippen LogP contribution in [0.5, 0.6) is 0 Å². The highest BCUT2D eigenvalue weighted by Crippen LogP contribution is 2.18. The van der Waals surface area contributed by atoms with E-state index in [4.69, 9.17) is 0 Å². The molecule has 0 unspecified atom stereocenters. The van der Waals surface area contributed by atoms with Crippen LogP contribution in [-0.2, 0) is 14.4 Å². The first-order valence-corrected chi connectivity index (χ1v) is 8.21. The Morgan fingerprint density at radius 2 is 1.77 bits per heavy atom. The van der Waals surface area contributed by atoms with Gasteiger partial charge >= 0.3 is 0 Å². The summed E-state index contributed by atoms with van der Waals surface area (Å²) in [5, 5.41) is 6.39. The van der Waals surface area contributed by atoms with Gasteiger partial charge in [-0.15, -0.1) is 0 Å². The molecule has 0 aromatic heterocycles. The molecule has 0 bridgehead atoms. The first kappa shape index (κ1) is 19.2. The largest absolute Gasteiger partial charge is 0.399 e. The number of aryl methyl sites for hydroxylation is 2. The van der Waals surface area contributed by atoms with Gasteiger partial charge in [0.2, 0.25) is 11.8 Å². The topological polar surface area (TPSA) is 71.0 Å². The van der Waals surface area contributed by atoms with Crippen molar-refractivity contribution in [1.29, 1.82) is 0 Å². The van der Waals surface area contributed by atoms with Crippen molar-refractivity contribution in [3.8, 4) is 0 Å². The molecule has 0 aliphatic carbocycles. The summed E-state index contributed by atoms with van der Waals surface area (Å²) in [5.41, 5.74) is 3.35. The number of carbonyl (C=O) groups is 2. The standard InChI is InChI=1S/C20H23N3O3/c1-14-7-5-9-16(11-14)22-19(24)18(13-21-26-4)20(25)23(3)17-10-6-8-15(2)12-17/h5-13,18H,1-4H3,(H,22,24)/b21-13-/t18-/m0/s1. The van der Waals surface area contributed by atoms with Crippen molar-refractivity contribution in [2.75, 3.05) is 24.4 Å². The molecule has 2 amide bonds. The van der Waals surface area contributed by atoms with E-state index in [0.717, 1.165) is 11.1 Å². The third kappa shape index (κ3) is 4.92. The van der Waals surface area contributed by atoms with E-state index < -0.39 is 17.7 Å².